The number of halogens is 2. The van der Waals surface area contributed by atoms with Crippen LogP contribution >= 0.6 is 31.9 Å². The number of aromatic nitrogens is 2. The van der Waals surface area contributed by atoms with Crippen molar-refractivity contribution in [2.24, 2.45) is 0 Å². The van der Waals surface area contributed by atoms with Gasteiger partial charge in [0.1, 0.15) is 16.2 Å². The predicted molar refractivity (Wildman–Crippen MR) is 73.1 cm³/mol. The van der Waals surface area contributed by atoms with E-state index in [0.29, 0.717) is 16.2 Å². The van der Waals surface area contributed by atoms with Crippen molar-refractivity contribution in [2.75, 3.05) is 5.73 Å². The normalized spacial score (nSPS) is 10.3. The summed E-state index contributed by atoms with van der Waals surface area (Å²) in [5.41, 5.74) is 6.59. The van der Waals surface area contributed by atoms with E-state index in [1.54, 1.807) is 6.07 Å². The van der Waals surface area contributed by atoms with Crippen LogP contribution in [0.15, 0.2) is 33.3 Å². The Morgan fingerprint density at radius 3 is 2.59 bits per heavy atom. The molecule has 0 saturated carbocycles. The van der Waals surface area contributed by atoms with Crippen molar-refractivity contribution in [3.8, 4) is 11.8 Å². The Kier molecular flexibility index (Phi) is 3.63. The highest BCUT2D eigenvalue weighted by atomic mass is 79.9. The highest BCUT2D eigenvalue weighted by molar-refractivity contribution is 9.10. The molecule has 1 heterocycles. The summed E-state index contributed by atoms with van der Waals surface area (Å²) in [4.78, 5) is 8.08. The summed E-state index contributed by atoms with van der Waals surface area (Å²) in [6.07, 6.45) is 0. The first kappa shape index (κ1) is 12.3. The zero-order valence-electron chi connectivity index (χ0n) is 8.95. The van der Waals surface area contributed by atoms with Crippen molar-refractivity contribution in [3.05, 3.63) is 38.9 Å². The first-order valence-electron chi connectivity index (χ1n) is 4.78. The van der Waals surface area contributed by atoms with Gasteiger partial charge in [-0.1, -0.05) is 15.9 Å². The van der Waals surface area contributed by atoms with Crippen molar-refractivity contribution in [1.29, 1.82) is 0 Å². The lowest BCUT2D eigenvalue weighted by molar-refractivity contribution is 0.438. The Balaban J connectivity index is 2.31. The number of ether oxygens (including phenoxy) is 1. The van der Waals surface area contributed by atoms with Crippen molar-refractivity contribution < 1.29 is 4.74 Å². The zero-order valence-corrected chi connectivity index (χ0v) is 12.1. The summed E-state index contributed by atoms with van der Waals surface area (Å²) < 4.78 is 7.16. The summed E-state index contributed by atoms with van der Waals surface area (Å²) in [6, 6.07) is 7.53. The second-order valence-electron chi connectivity index (χ2n) is 3.41. The van der Waals surface area contributed by atoms with Crippen molar-refractivity contribution in [3.63, 3.8) is 0 Å². The van der Waals surface area contributed by atoms with E-state index >= 15 is 0 Å². The molecule has 0 fully saturated rings. The van der Waals surface area contributed by atoms with Gasteiger partial charge in [0.2, 0.25) is 0 Å². The smallest absolute Gasteiger partial charge is 0.325 e. The van der Waals surface area contributed by atoms with Gasteiger partial charge < -0.3 is 10.5 Å². The van der Waals surface area contributed by atoms with E-state index in [1.807, 2.05) is 25.1 Å². The maximum absolute atomic E-state index is 5.61. The molecule has 1 aromatic heterocycles. The molecule has 0 amide bonds. The average Bonchev–Trinajstić information content (AvgIpc) is 2.21. The van der Waals surface area contributed by atoms with Crippen LogP contribution < -0.4 is 10.5 Å². The van der Waals surface area contributed by atoms with Gasteiger partial charge in [0, 0.05) is 10.5 Å². The number of hydrogen-bond acceptors (Lipinski definition) is 4. The van der Waals surface area contributed by atoms with Crippen LogP contribution in [0.5, 0.6) is 11.8 Å². The molecule has 0 atom stereocenters. The molecule has 0 saturated heterocycles. The highest BCUT2D eigenvalue weighted by Gasteiger charge is 2.06. The van der Waals surface area contributed by atoms with E-state index in [0.717, 1.165) is 10.0 Å². The fourth-order valence-electron chi connectivity index (χ4n) is 1.28. The maximum Gasteiger partial charge on any atom is 0.325 e. The van der Waals surface area contributed by atoms with Gasteiger partial charge in [-0.25, -0.2) is 0 Å². The van der Waals surface area contributed by atoms with Crippen LogP contribution in [0.2, 0.25) is 0 Å². The standard InChI is InChI=1S/C11H9Br2N3O/c1-6-4-7(12)2-3-8(6)17-11-15-9(13)5-10(14)16-11/h2-5H,1H3,(H2,14,15,16). The maximum atomic E-state index is 5.61. The summed E-state index contributed by atoms with van der Waals surface area (Å²) in [6.45, 7) is 1.95. The summed E-state index contributed by atoms with van der Waals surface area (Å²) in [7, 11) is 0. The van der Waals surface area contributed by atoms with E-state index in [4.69, 9.17) is 10.5 Å². The fourth-order valence-corrected chi connectivity index (χ4v) is 2.15. The molecule has 0 aliphatic carbocycles. The number of anilines is 1. The zero-order chi connectivity index (χ0) is 12.4. The third-order valence-corrected chi connectivity index (χ3v) is 2.93. The molecule has 2 N–H and O–H groups in total. The minimum atomic E-state index is 0.224. The number of rotatable bonds is 2. The average molecular weight is 359 g/mol. The van der Waals surface area contributed by atoms with Gasteiger partial charge >= 0.3 is 6.01 Å². The molecule has 2 aromatic rings. The molecule has 2 rings (SSSR count). The van der Waals surface area contributed by atoms with E-state index in [9.17, 15) is 0 Å². The number of nitrogens with two attached hydrogens (primary N) is 1. The largest absolute Gasteiger partial charge is 0.424 e. The van der Waals surface area contributed by atoms with Crippen LogP contribution in [0.3, 0.4) is 0 Å². The Hall–Kier alpha value is -1.14. The summed E-state index contributed by atoms with van der Waals surface area (Å²) in [5, 5.41) is 0. The minimum absolute atomic E-state index is 0.224. The first-order valence-corrected chi connectivity index (χ1v) is 6.37. The molecule has 0 bridgehead atoms. The van der Waals surface area contributed by atoms with Crippen LogP contribution in [0.4, 0.5) is 5.82 Å². The van der Waals surface area contributed by atoms with Crippen LogP contribution in [-0.2, 0) is 0 Å². The van der Waals surface area contributed by atoms with Crippen LogP contribution in [0.1, 0.15) is 5.56 Å². The van der Waals surface area contributed by atoms with E-state index in [2.05, 4.69) is 41.8 Å². The lowest BCUT2D eigenvalue weighted by Crippen LogP contribution is -1.97. The number of aryl methyl sites for hydroxylation is 1. The van der Waals surface area contributed by atoms with Gasteiger partial charge in [-0.05, 0) is 46.6 Å². The monoisotopic (exact) mass is 357 g/mol. The third-order valence-electron chi connectivity index (χ3n) is 2.03. The molecule has 4 nitrogen and oxygen atoms in total. The fraction of sp³-hybridized carbons (Fsp3) is 0.0909. The molecule has 17 heavy (non-hydrogen) atoms. The Labute approximate surface area is 115 Å². The van der Waals surface area contributed by atoms with Crippen molar-refractivity contribution >= 4 is 37.7 Å². The molecular weight excluding hydrogens is 350 g/mol. The molecular formula is C11H9Br2N3O. The van der Waals surface area contributed by atoms with E-state index in [-0.39, 0.29) is 6.01 Å². The van der Waals surface area contributed by atoms with Gasteiger partial charge in [0.15, 0.2) is 0 Å². The summed E-state index contributed by atoms with van der Waals surface area (Å²) in [5.74, 6) is 1.06. The molecule has 0 spiro atoms. The minimum Gasteiger partial charge on any atom is -0.424 e. The topological polar surface area (TPSA) is 61.0 Å². The SMILES string of the molecule is Cc1cc(Br)ccc1Oc1nc(N)cc(Br)n1. The Morgan fingerprint density at radius 2 is 1.94 bits per heavy atom. The van der Waals surface area contributed by atoms with Gasteiger partial charge in [0.05, 0.1) is 0 Å². The lowest BCUT2D eigenvalue weighted by Gasteiger charge is -2.07. The van der Waals surface area contributed by atoms with Crippen molar-refractivity contribution in [1.82, 2.24) is 9.97 Å². The van der Waals surface area contributed by atoms with Gasteiger partial charge in [-0.15, -0.1) is 0 Å². The molecule has 88 valence electrons. The first-order chi connectivity index (χ1) is 8.04. The lowest BCUT2D eigenvalue weighted by atomic mass is 10.2. The van der Waals surface area contributed by atoms with E-state index < -0.39 is 0 Å². The Bertz CT molecular complexity index is 540. The third kappa shape index (κ3) is 3.17. The van der Waals surface area contributed by atoms with Crippen LogP contribution in [0.25, 0.3) is 0 Å². The second kappa shape index (κ2) is 5.01. The molecule has 0 aliphatic rings. The van der Waals surface area contributed by atoms with Crippen molar-refractivity contribution in [2.45, 2.75) is 6.92 Å². The van der Waals surface area contributed by atoms with Gasteiger partial charge in [0.25, 0.3) is 0 Å². The summed E-state index contributed by atoms with van der Waals surface area (Å²) >= 11 is 6.63. The van der Waals surface area contributed by atoms with E-state index in [1.165, 1.54) is 0 Å². The van der Waals surface area contributed by atoms with Gasteiger partial charge in [-0.3, -0.25) is 0 Å². The quantitative estimate of drug-likeness (QED) is 0.831. The second-order valence-corrected chi connectivity index (χ2v) is 5.14. The number of nitrogen functional groups attached to an aromatic ring is 1. The van der Waals surface area contributed by atoms with Crippen LogP contribution in [-0.4, -0.2) is 9.97 Å². The molecule has 0 aliphatic heterocycles. The highest BCUT2D eigenvalue weighted by Crippen LogP contribution is 2.26. The predicted octanol–water partition coefficient (Wildman–Crippen LogP) is 3.68. The molecule has 6 heteroatoms. The Morgan fingerprint density at radius 1 is 1.18 bits per heavy atom. The molecule has 1 aromatic carbocycles. The molecule has 0 radical (unpaired) electrons. The van der Waals surface area contributed by atoms with Gasteiger partial charge in [-0.2, -0.15) is 9.97 Å². The number of hydrogen-bond donors (Lipinski definition) is 1. The number of benzene rings is 1. The molecule has 0 unspecified atom stereocenters. The van der Waals surface area contributed by atoms with Crippen LogP contribution in [0, 0.1) is 6.92 Å². The number of nitrogens with zero attached hydrogens (tertiary/aromatic N) is 2.